The van der Waals surface area contributed by atoms with Gasteiger partial charge in [-0.15, -0.1) is 0 Å². The van der Waals surface area contributed by atoms with Crippen LogP contribution in [0.5, 0.6) is 0 Å². The average molecular weight is 279 g/mol. The maximum absolute atomic E-state index is 10.8. The zero-order chi connectivity index (χ0) is 13.7. The molecular weight excluding hydrogens is 258 g/mol. The fraction of sp³-hybridized carbons (Fsp3) is 0.533. The third kappa shape index (κ3) is 4.25. The molecule has 2 atom stereocenters. The summed E-state index contributed by atoms with van der Waals surface area (Å²) in [6.07, 6.45) is 6.02. The van der Waals surface area contributed by atoms with Crippen molar-refractivity contribution in [2.75, 3.05) is 6.26 Å². The first kappa shape index (κ1) is 14.4. The van der Waals surface area contributed by atoms with E-state index >= 15 is 0 Å². The normalized spacial score (nSPS) is 22.6. The second-order valence-corrected chi connectivity index (χ2v) is 6.23. The molecule has 1 saturated carbocycles. The van der Waals surface area contributed by atoms with Crippen molar-refractivity contribution in [3.8, 4) is 0 Å². The Labute approximate surface area is 118 Å². The predicted molar refractivity (Wildman–Crippen MR) is 79.6 cm³/mol. The summed E-state index contributed by atoms with van der Waals surface area (Å²) in [6, 6.07) is 8.38. The Bertz CT molecular complexity index is 436. The van der Waals surface area contributed by atoms with Crippen molar-refractivity contribution >= 4 is 17.7 Å². The summed E-state index contributed by atoms with van der Waals surface area (Å²) in [7, 11) is 0. The highest BCUT2D eigenvalue weighted by molar-refractivity contribution is 7.99. The van der Waals surface area contributed by atoms with Crippen LogP contribution in [0.4, 0.5) is 0 Å². The second-order valence-electron chi connectivity index (χ2n) is 5.09. The van der Waals surface area contributed by atoms with E-state index in [9.17, 15) is 4.79 Å². The van der Waals surface area contributed by atoms with Crippen molar-refractivity contribution in [1.29, 1.82) is 0 Å². The van der Waals surface area contributed by atoms with Gasteiger partial charge in [0.25, 0.3) is 0 Å². The lowest BCUT2D eigenvalue weighted by atomic mass is 10.0. The molecule has 0 aliphatic heterocycles. The van der Waals surface area contributed by atoms with Gasteiger partial charge in [-0.2, -0.15) is 11.8 Å². The van der Waals surface area contributed by atoms with E-state index in [-0.39, 0.29) is 6.42 Å². The van der Waals surface area contributed by atoms with Gasteiger partial charge in [0.1, 0.15) is 0 Å². The van der Waals surface area contributed by atoms with E-state index in [0.29, 0.717) is 6.04 Å². The predicted octanol–water partition coefficient (Wildman–Crippen LogP) is 2.69. The molecule has 3 nitrogen and oxygen atoms in total. The molecule has 0 radical (unpaired) electrons. The highest BCUT2D eigenvalue weighted by Gasteiger charge is 2.23. The van der Waals surface area contributed by atoms with Gasteiger partial charge >= 0.3 is 5.97 Å². The largest absolute Gasteiger partial charge is 0.481 e. The smallest absolute Gasteiger partial charge is 0.307 e. The van der Waals surface area contributed by atoms with Crippen molar-refractivity contribution in [2.24, 2.45) is 0 Å². The number of carboxylic acid groups (broad SMARTS) is 1. The highest BCUT2D eigenvalue weighted by atomic mass is 32.2. The number of benzene rings is 1. The van der Waals surface area contributed by atoms with Crippen molar-refractivity contribution in [3.63, 3.8) is 0 Å². The van der Waals surface area contributed by atoms with Gasteiger partial charge in [0, 0.05) is 17.8 Å². The number of rotatable bonds is 6. The molecule has 19 heavy (non-hydrogen) atoms. The Balaban J connectivity index is 1.90. The molecule has 4 heteroatoms. The molecule has 0 spiro atoms. The molecule has 0 amide bonds. The zero-order valence-electron chi connectivity index (χ0n) is 11.3. The number of hydrogen-bond acceptors (Lipinski definition) is 3. The number of hydrogen-bond donors (Lipinski definition) is 2. The third-order valence-electron chi connectivity index (χ3n) is 3.76. The number of aliphatic carboxylic acids is 1. The van der Waals surface area contributed by atoms with Crippen molar-refractivity contribution in [3.05, 3.63) is 35.4 Å². The van der Waals surface area contributed by atoms with E-state index in [1.807, 2.05) is 36.0 Å². The minimum absolute atomic E-state index is 0.107. The van der Waals surface area contributed by atoms with Gasteiger partial charge in [-0.1, -0.05) is 24.3 Å². The van der Waals surface area contributed by atoms with Crippen LogP contribution >= 0.6 is 11.8 Å². The van der Waals surface area contributed by atoms with Gasteiger partial charge in [0.15, 0.2) is 0 Å². The van der Waals surface area contributed by atoms with Crippen LogP contribution in [0.3, 0.4) is 0 Å². The quantitative estimate of drug-likeness (QED) is 0.840. The van der Waals surface area contributed by atoms with Crippen molar-refractivity contribution in [1.82, 2.24) is 5.32 Å². The molecule has 1 aromatic rings. The van der Waals surface area contributed by atoms with Crippen molar-refractivity contribution < 1.29 is 9.90 Å². The maximum Gasteiger partial charge on any atom is 0.307 e. The molecule has 1 fully saturated rings. The monoisotopic (exact) mass is 279 g/mol. The molecule has 0 heterocycles. The molecule has 1 aliphatic carbocycles. The standard InChI is InChI=1S/C15H21NO2S/c1-19-14-7-6-13(9-14)16-10-12-5-3-2-4-11(12)8-15(17)18/h2-5,13-14,16H,6-10H2,1H3,(H,17,18). The van der Waals surface area contributed by atoms with Crippen LogP contribution in [0.2, 0.25) is 0 Å². The first-order valence-electron chi connectivity index (χ1n) is 6.73. The number of nitrogens with one attached hydrogen (secondary N) is 1. The Morgan fingerprint density at radius 3 is 2.74 bits per heavy atom. The lowest BCUT2D eigenvalue weighted by Crippen LogP contribution is -2.26. The minimum atomic E-state index is -0.768. The van der Waals surface area contributed by atoms with E-state index in [1.54, 1.807) is 0 Å². The summed E-state index contributed by atoms with van der Waals surface area (Å²) in [5.41, 5.74) is 2.03. The summed E-state index contributed by atoms with van der Waals surface area (Å²) in [6.45, 7) is 0.773. The molecular formula is C15H21NO2S. The molecule has 0 aromatic heterocycles. The van der Waals surface area contributed by atoms with Crippen LogP contribution in [-0.2, 0) is 17.8 Å². The molecule has 0 saturated heterocycles. The summed E-state index contributed by atoms with van der Waals surface area (Å²) in [4.78, 5) is 10.8. The van der Waals surface area contributed by atoms with Crippen LogP contribution < -0.4 is 5.32 Å². The molecule has 2 N–H and O–H groups in total. The second kappa shape index (κ2) is 6.96. The van der Waals surface area contributed by atoms with Crippen LogP contribution in [0, 0.1) is 0 Å². The lowest BCUT2D eigenvalue weighted by Gasteiger charge is -2.14. The minimum Gasteiger partial charge on any atom is -0.481 e. The summed E-state index contributed by atoms with van der Waals surface area (Å²) < 4.78 is 0. The van der Waals surface area contributed by atoms with Crippen LogP contribution in [-0.4, -0.2) is 28.6 Å². The fourth-order valence-electron chi connectivity index (χ4n) is 2.66. The molecule has 104 valence electrons. The van der Waals surface area contributed by atoms with Crippen LogP contribution in [0.1, 0.15) is 30.4 Å². The van der Waals surface area contributed by atoms with Gasteiger partial charge in [0.05, 0.1) is 6.42 Å². The highest BCUT2D eigenvalue weighted by Crippen LogP contribution is 2.28. The number of carbonyl (C=O) groups is 1. The SMILES string of the molecule is CSC1CCC(NCc2ccccc2CC(=O)O)C1. The molecule has 2 rings (SSSR count). The topological polar surface area (TPSA) is 49.3 Å². The Kier molecular flexibility index (Phi) is 5.28. The average Bonchev–Trinajstić information content (AvgIpc) is 2.85. The van der Waals surface area contributed by atoms with E-state index in [4.69, 9.17) is 5.11 Å². The van der Waals surface area contributed by atoms with Gasteiger partial charge < -0.3 is 10.4 Å². The zero-order valence-corrected chi connectivity index (χ0v) is 12.1. The Morgan fingerprint density at radius 1 is 1.37 bits per heavy atom. The summed E-state index contributed by atoms with van der Waals surface area (Å²) >= 11 is 1.95. The first-order valence-corrected chi connectivity index (χ1v) is 8.02. The maximum atomic E-state index is 10.8. The first-order chi connectivity index (χ1) is 9.19. The van der Waals surface area contributed by atoms with Gasteiger partial charge in [-0.05, 0) is 36.6 Å². The molecule has 2 unspecified atom stereocenters. The molecule has 1 aromatic carbocycles. The Morgan fingerprint density at radius 2 is 2.11 bits per heavy atom. The third-order valence-corrected chi connectivity index (χ3v) is 4.85. The molecule has 0 bridgehead atoms. The van der Waals surface area contributed by atoms with Crippen molar-refractivity contribution in [2.45, 2.75) is 43.5 Å². The van der Waals surface area contributed by atoms with E-state index in [2.05, 4.69) is 11.6 Å². The lowest BCUT2D eigenvalue weighted by molar-refractivity contribution is -0.136. The van der Waals surface area contributed by atoms with Crippen LogP contribution in [0.25, 0.3) is 0 Å². The Hall–Kier alpha value is -1.00. The van der Waals surface area contributed by atoms with E-state index in [1.165, 1.54) is 19.3 Å². The summed E-state index contributed by atoms with van der Waals surface area (Å²) in [5, 5.41) is 13.3. The summed E-state index contributed by atoms with van der Waals surface area (Å²) in [5.74, 6) is -0.768. The van der Waals surface area contributed by atoms with Crippen LogP contribution in [0.15, 0.2) is 24.3 Å². The van der Waals surface area contributed by atoms with E-state index in [0.717, 1.165) is 22.9 Å². The van der Waals surface area contributed by atoms with E-state index < -0.39 is 5.97 Å². The fourth-order valence-corrected chi connectivity index (χ4v) is 3.46. The van der Waals surface area contributed by atoms with Gasteiger partial charge in [-0.25, -0.2) is 0 Å². The number of thioether (sulfide) groups is 1. The molecule has 1 aliphatic rings. The number of carboxylic acids is 1. The van der Waals surface area contributed by atoms with Gasteiger partial charge in [0.2, 0.25) is 0 Å². The van der Waals surface area contributed by atoms with Gasteiger partial charge in [-0.3, -0.25) is 4.79 Å².